The summed E-state index contributed by atoms with van der Waals surface area (Å²) in [4.78, 5) is 23.0. The molecule has 1 atom stereocenters. The second-order valence-corrected chi connectivity index (χ2v) is 10.0. The third-order valence-electron chi connectivity index (χ3n) is 6.43. The standard InChI is InChI=1S/C29H30N6O2/c1-18-24(27(36)32-21-10-6-7-12-23(21)37-5)25(22-11-8-9-17-30-22)35-28(31-18)33-26(34-35)19-13-15-20(16-14-19)29(2,3)4/h6-17,25H,1-5H3,(H,32,36)(H,31,33,34). The van der Waals surface area contributed by atoms with Gasteiger partial charge in [-0.05, 0) is 42.2 Å². The van der Waals surface area contributed by atoms with E-state index >= 15 is 0 Å². The van der Waals surface area contributed by atoms with E-state index in [0.29, 0.717) is 40.2 Å². The molecule has 3 heterocycles. The highest BCUT2D eigenvalue weighted by Gasteiger charge is 2.35. The molecule has 0 saturated heterocycles. The molecule has 8 nitrogen and oxygen atoms in total. The number of methoxy groups -OCH3 is 1. The van der Waals surface area contributed by atoms with Crippen molar-refractivity contribution in [2.24, 2.45) is 0 Å². The maximum atomic E-state index is 13.7. The lowest BCUT2D eigenvalue weighted by atomic mass is 9.87. The summed E-state index contributed by atoms with van der Waals surface area (Å²) in [6.45, 7) is 8.41. The molecule has 1 aliphatic heterocycles. The molecule has 2 N–H and O–H groups in total. The smallest absolute Gasteiger partial charge is 0.256 e. The molecule has 0 radical (unpaired) electrons. The van der Waals surface area contributed by atoms with E-state index in [-0.39, 0.29) is 11.3 Å². The Morgan fingerprint density at radius 1 is 1.03 bits per heavy atom. The van der Waals surface area contributed by atoms with Crippen molar-refractivity contribution < 1.29 is 9.53 Å². The van der Waals surface area contributed by atoms with Gasteiger partial charge in [0, 0.05) is 17.5 Å². The van der Waals surface area contributed by atoms with Crippen LogP contribution in [-0.4, -0.2) is 32.8 Å². The summed E-state index contributed by atoms with van der Waals surface area (Å²) in [6.07, 6.45) is 1.71. The molecule has 1 aliphatic rings. The molecular formula is C29H30N6O2. The van der Waals surface area contributed by atoms with Gasteiger partial charge in [0.15, 0.2) is 5.82 Å². The highest BCUT2D eigenvalue weighted by molar-refractivity contribution is 6.06. The molecule has 37 heavy (non-hydrogen) atoms. The number of hydrogen-bond acceptors (Lipinski definition) is 6. The van der Waals surface area contributed by atoms with Crippen molar-refractivity contribution >= 4 is 17.5 Å². The van der Waals surface area contributed by atoms with E-state index in [4.69, 9.17) is 14.8 Å². The number of anilines is 2. The van der Waals surface area contributed by atoms with Crippen LogP contribution < -0.4 is 15.4 Å². The second-order valence-electron chi connectivity index (χ2n) is 10.0. The number of ether oxygens (including phenoxy) is 1. The number of nitrogens with zero attached hydrogens (tertiary/aromatic N) is 4. The van der Waals surface area contributed by atoms with Gasteiger partial charge < -0.3 is 15.4 Å². The van der Waals surface area contributed by atoms with E-state index in [1.807, 2.05) is 49.4 Å². The summed E-state index contributed by atoms with van der Waals surface area (Å²) < 4.78 is 7.16. The number of nitrogens with one attached hydrogen (secondary N) is 2. The van der Waals surface area contributed by atoms with Gasteiger partial charge in [-0.2, -0.15) is 4.98 Å². The maximum absolute atomic E-state index is 13.7. The van der Waals surface area contributed by atoms with Gasteiger partial charge in [-0.3, -0.25) is 9.78 Å². The Bertz CT molecular complexity index is 1470. The van der Waals surface area contributed by atoms with Gasteiger partial charge in [0.05, 0.1) is 24.1 Å². The van der Waals surface area contributed by atoms with Crippen LogP contribution in [0.1, 0.15) is 45.0 Å². The zero-order valence-electron chi connectivity index (χ0n) is 21.6. The third-order valence-corrected chi connectivity index (χ3v) is 6.43. The van der Waals surface area contributed by atoms with E-state index in [1.165, 1.54) is 5.56 Å². The fourth-order valence-electron chi connectivity index (χ4n) is 4.44. The molecule has 5 rings (SSSR count). The minimum absolute atomic E-state index is 0.0513. The maximum Gasteiger partial charge on any atom is 0.256 e. The Labute approximate surface area is 216 Å². The molecule has 0 aliphatic carbocycles. The van der Waals surface area contributed by atoms with Crippen LogP contribution in [0.15, 0.2) is 84.2 Å². The van der Waals surface area contributed by atoms with Crippen LogP contribution in [0.5, 0.6) is 5.75 Å². The van der Waals surface area contributed by atoms with E-state index in [1.54, 1.807) is 30.1 Å². The Kier molecular flexibility index (Phi) is 6.25. The number of hydrogen-bond donors (Lipinski definition) is 2. The first-order chi connectivity index (χ1) is 17.8. The third kappa shape index (κ3) is 4.70. The molecule has 0 fully saturated rings. The normalized spacial score (nSPS) is 15.1. The molecule has 1 unspecified atom stereocenters. The van der Waals surface area contributed by atoms with Crippen molar-refractivity contribution in [2.75, 3.05) is 17.7 Å². The quantitative estimate of drug-likeness (QED) is 0.377. The van der Waals surface area contributed by atoms with E-state index in [9.17, 15) is 4.79 Å². The van der Waals surface area contributed by atoms with Crippen molar-refractivity contribution in [2.45, 2.75) is 39.2 Å². The summed E-state index contributed by atoms with van der Waals surface area (Å²) in [6, 6.07) is 20.7. The molecule has 0 spiro atoms. The summed E-state index contributed by atoms with van der Waals surface area (Å²) >= 11 is 0. The first-order valence-electron chi connectivity index (χ1n) is 12.2. The number of carbonyl (C=O) groups excluding carboxylic acids is 1. The predicted molar refractivity (Wildman–Crippen MR) is 144 cm³/mol. The minimum Gasteiger partial charge on any atom is -0.495 e. The van der Waals surface area contributed by atoms with Gasteiger partial charge in [-0.25, -0.2) is 4.68 Å². The molecule has 0 saturated carbocycles. The molecule has 2 aromatic heterocycles. The molecule has 0 bridgehead atoms. The zero-order chi connectivity index (χ0) is 26.2. The minimum atomic E-state index is -0.567. The van der Waals surface area contributed by atoms with E-state index < -0.39 is 6.04 Å². The first kappa shape index (κ1) is 24.2. The average molecular weight is 495 g/mol. The predicted octanol–water partition coefficient (Wildman–Crippen LogP) is 5.57. The van der Waals surface area contributed by atoms with Gasteiger partial charge in [0.2, 0.25) is 5.95 Å². The second kappa shape index (κ2) is 9.54. The molecule has 8 heteroatoms. The van der Waals surface area contributed by atoms with Crippen LogP contribution in [0, 0.1) is 0 Å². The monoisotopic (exact) mass is 494 g/mol. The summed E-state index contributed by atoms with van der Waals surface area (Å²) in [7, 11) is 1.58. The number of pyridine rings is 1. The Morgan fingerprint density at radius 3 is 2.43 bits per heavy atom. The zero-order valence-corrected chi connectivity index (χ0v) is 21.6. The average Bonchev–Trinajstić information content (AvgIpc) is 3.31. The Balaban J connectivity index is 1.55. The topological polar surface area (TPSA) is 94.0 Å². The van der Waals surface area contributed by atoms with Crippen molar-refractivity contribution in [3.05, 3.63) is 95.5 Å². The highest BCUT2D eigenvalue weighted by atomic mass is 16.5. The number of fused-ring (bicyclic) bond motifs is 1. The van der Waals surface area contributed by atoms with Crippen LogP contribution in [0.25, 0.3) is 11.4 Å². The van der Waals surface area contributed by atoms with E-state index in [2.05, 4.69) is 48.5 Å². The fourth-order valence-corrected chi connectivity index (χ4v) is 4.44. The van der Waals surface area contributed by atoms with E-state index in [0.717, 1.165) is 5.56 Å². The summed E-state index contributed by atoms with van der Waals surface area (Å²) in [5, 5.41) is 11.1. The lowest BCUT2D eigenvalue weighted by Crippen LogP contribution is -2.32. The number of carbonyl (C=O) groups is 1. The number of allylic oxidation sites excluding steroid dienone is 1. The van der Waals surface area contributed by atoms with Crippen LogP contribution >= 0.6 is 0 Å². The van der Waals surface area contributed by atoms with Crippen LogP contribution in [0.3, 0.4) is 0 Å². The van der Waals surface area contributed by atoms with Crippen molar-refractivity contribution in [1.29, 1.82) is 0 Å². The van der Waals surface area contributed by atoms with Gasteiger partial charge in [-0.1, -0.05) is 63.2 Å². The molecule has 2 aromatic carbocycles. The summed E-state index contributed by atoms with van der Waals surface area (Å²) in [5.41, 5.74) is 4.63. The van der Waals surface area contributed by atoms with Gasteiger partial charge in [0.1, 0.15) is 11.8 Å². The first-order valence-corrected chi connectivity index (χ1v) is 12.2. The van der Waals surface area contributed by atoms with Crippen LogP contribution in [0.2, 0.25) is 0 Å². The molecule has 1 amide bonds. The Hall–Kier alpha value is -4.46. The molecule has 4 aromatic rings. The number of aromatic nitrogens is 4. The Morgan fingerprint density at radius 2 is 1.76 bits per heavy atom. The van der Waals surface area contributed by atoms with Crippen LogP contribution in [-0.2, 0) is 10.2 Å². The van der Waals surface area contributed by atoms with Gasteiger partial charge in [0.25, 0.3) is 5.91 Å². The number of para-hydroxylation sites is 2. The van der Waals surface area contributed by atoms with Crippen LogP contribution in [0.4, 0.5) is 11.6 Å². The number of amides is 1. The highest BCUT2D eigenvalue weighted by Crippen LogP contribution is 2.37. The lowest BCUT2D eigenvalue weighted by molar-refractivity contribution is -0.113. The SMILES string of the molecule is COc1ccccc1NC(=O)C1=C(C)Nc2nc(-c3ccc(C(C)(C)C)cc3)nn2C1c1ccccn1. The van der Waals surface area contributed by atoms with Gasteiger partial charge in [-0.15, -0.1) is 5.10 Å². The summed E-state index contributed by atoms with van der Waals surface area (Å²) in [5.74, 6) is 1.43. The fraction of sp³-hybridized carbons (Fsp3) is 0.241. The van der Waals surface area contributed by atoms with Gasteiger partial charge >= 0.3 is 0 Å². The molecular weight excluding hydrogens is 464 g/mol. The number of rotatable bonds is 5. The van der Waals surface area contributed by atoms with Crippen molar-refractivity contribution in [1.82, 2.24) is 19.7 Å². The lowest BCUT2D eigenvalue weighted by Gasteiger charge is -2.28. The van der Waals surface area contributed by atoms with Crippen molar-refractivity contribution in [3.8, 4) is 17.1 Å². The molecule has 188 valence electrons. The van der Waals surface area contributed by atoms with Crippen molar-refractivity contribution in [3.63, 3.8) is 0 Å². The number of benzene rings is 2. The largest absolute Gasteiger partial charge is 0.495 e.